The van der Waals surface area contributed by atoms with Crippen LogP contribution in [-0.2, 0) is 0 Å². The molecule has 2 nitrogen and oxygen atoms in total. The van der Waals surface area contributed by atoms with E-state index >= 15 is 0 Å². The molecule has 0 bridgehead atoms. The number of rotatable bonds is 3. The molecule has 1 rings (SSSR count). The summed E-state index contributed by atoms with van der Waals surface area (Å²) in [5.41, 5.74) is 0. The van der Waals surface area contributed by atoms with E-state index in [1.807, 2.05) is 0 Å². The molecule has 0 amide bonds. The SMILES string of the molecule is CC(C)C(C)N1CCNCC1C(C)C. The number of nitrogens with one attached hydrogen (secondary N) is 1. The van der Waals surface area contributed by atoms with Gasteiger partial charge in [0, 0.05) is 31.7 Å². The topological polar surface area (TPSA) is 15.3 Å². The second-order valence-electron chi connectivity index (χ2n) is 5.24. The lowest BCUT2D eigenvalue weighted by molar-refractivity contribution is 0.0635. The number of nitrogens with zero attached hydrogens (tertiary/aromatic N) is 1. The summed E-state index contributed by atoms with van der Waals surface area (Å²) in [6.07, 6.45) is 0. The van der Waals surface area contributed by atoms with Crippen LogP contribution in [0.3, 0.4) is 0 Å². The Labute approximate surface area is 89.1 Å². The van der Waals surface area contributed by atoms with Crippen molar-refractivity contribution < 1.29 is 0 Å². The van der Waals surface area contributed by atoms with Crippen molar-refractivity contribution in [3.05, 3.63) is 0 Å². The molecular formula is C12H26N2. The average molecular weight is 198 g/mol. The minimum Gasteiger partial charge on any atom is -0.314 e. The number of piperazine rings is 1. The predicted molar refractivity (Wildman–Crippen MR) is 62.5 cm³/mol. The van der Waals surface area contributed by atoms with E-state index in [-0.39, 0.29) is 0 Å². The molecule has 1 fully saturated rings. The Bertz CT molecular complexity index is 166. The molecule has 1 aliphatic heterocycles. The molecule has 1 heterocycles. The summed E-state index contributed by atoms with van der Waals surface area (Å²) in [7, 11) is 0. The first kappa shape index (κ1) is 12.0. The maximum absolute atomic E-state index is 3.50. The summed E-state index contributed by atoms with van der Waals surface area (Å²) in [5, 5.41) is 3.50. The average Bonchev–Trinajstić information content (AvgIpc) is 2.16. The Balaban J connectivity index is 2.62. The lowest BCUT2D eigenvalue weighted by atomic mass is 9.95. The fourth-order valence-corrected chi connectivity index (χ4v) is 2.25. The minimum absolute atomic E-state index is 0.712. The first-order valence-corrected chi connectivity index (χ1v) is 6.00. The van der Waals surface area contributed by atoms with Crippen LogP contribution >= 0.6 is 0 Å². The number of hydrogen-bond donors (Lipinski definition) is 1. The standard InChI is InChI=1S/C12H26N2/c1-9(2)11(5)14-7-6-13-8-12(14)10(3)4/h9-13H,6-8H2,1-5H3. The largest absolute Gasteiger partial charge is 0.314 e. The fourth-order valence-electron chi connectivity index (χ4n) is 2.25. The smallest absolute Gasteiger partial charge is 0.0247 e. The maximum Gasteiger partial charge on any atom is 0.0247 e. The third kappa shape index (κ3) is 2.71. The van der Waals surface area contributed by atoms with E-state index < -0.39 is 0 Å². The fraction of sp³-hybridized carbons (Fsp3) is 1.00. The molecule has 2 atom stereocenters. The Morgan fingerprint density at radius 1 is 1.14 bits per heavy atom. The zero-order valence-electron chi connectivity index (χ0n) is 10.4. The molecule has 0 aliphatic carbocycles. The molecule has 0 aromatic rings. The van der Waals surface area contributed by atoms with Gasteiger partial charge in [-0.2, -0.15) is 0 Å². The second-order valence-corrected chi connectivity index (χ2v) is 5.24. The van der Waals surface area contributed by atoms with Crippen molar-refractivity contribution in [1.29, 1.82) is 0 Å². The van der Waals surface area contributed by atoms with Crippen LogP contribution in [-0.4, -0.2) is 36.6 Å². The van der Waals surface area contributed by atoms with Gasteiger partial charge in [-0.3, -0.25) is 4.90 Å². The lowest BCUT2D eigenvalue weighted by Crippen LogP contribution is -2.57. The van der Waals surface area contributed by atoms with Crippen molar-refractivity contribution in [2.24, 2.45) is 11.8 Å². The van der Waals surface area contributed by atoms with Gasteiger partial charge in [-0.05, 0) is 18.8 Å². The maximum atomic E-state index is 3.50. The molecule has 2 unspecified atom stereocenters. The highest BCUT2D eigenvalue weighted by Crippen LogP contribution is 2.19. The zero-order valence-corrected chi connectivity index (χ0v) is 10.4. The molecular weight excluding hydrogens is 172 g/mol. The van der Waals surface area contributed by atoms with E-state index in [1.165, 1.54) is 6.54 Å². The van der Waals surface area contributed by atoms with E-state index in [2.05, 4.69) is 44.8 Å². The van der Waals surface area contributed by atoms with Gasteiger partial charge in [-0.15, -0.1) is 0 Å². The molecule has 0 radical (unpaired) electrons. The van der Waals surface area contributed by atoms with E-state index in [4.69, 9.17) is 0 Å². The molecule has 0 spiro atoms. The Morgan fingerprint density at radius 3 is 2.29 bits per heavy atom. The van der Waals surface area contributed by atoms with Gasteiger partial charge in [-0.25, -0.2) is 0 Å². The van der Waals surface area contributed by atoms with E-state index in [1.54, 1.807) is 0 Å². The minimum atomic E-state index is 0.712. The van der Waals surface area contributed by atoms with Crippen LogP contribution < -0.4 is 5.32 Å². The van der Waals surface area contributed by atoms with Crippen LogP contribution in [0.25, 0.3) is 0 Å². The second kappa shape index (κ2) is 5.13. The highest BCUT2D eigenvalue weighted by atomic mass is 15.2. The van der Waals surface area contributed by atoms with Crippen LogP contribution in [0.15, 0.2) is 0 Å². The van der Waals surface area contributed by atoms with Gasteiger partial charge in [0.2, 0.25) is 0 Å². The van der Waals surface area contributed by atoms with Crippen molar-refractivity contribution in [2.75, 3.05) is 19.6 Å². The van der Waals surface area contributed by atoms with Gasteiger partial charge >= 0.3 is 0 Å². The molecule has 1 saturated heterocycles. The van der Waals surface area contributed by atoms with Gasteiger partial charge < -0.3 is 5.32 Å². The van der Waals surface area contributed by atoms with Crippen molar-refractivity contribution in [3.8, 4) is 0 Å². The van der Waals surface area contributed by atoms with Crippen LogP contribution in [0.2, 0.25) is 0 Å². The predicted octanol–water partition coefficient (Wildman–Crippen LogP) is 1.96. The summed E-state index contributed by atoms with van der Waals surface area (Å²) in [5.74, 6) is 1.51. The molecule has 14 heavy (non-hydrogen) atoms. The van der Waals surface area contributed by atoms with Crippen molar-refractivity contribution in [1.82, 2.24) is 10.2 Å². The zero-order chi connectivity index (χ0) is 10.7. The van der Waals surface area contributed by atoms with Gasteiger partial charge in [0.15, 0.2) is 0 Å². The molecule has 84 valence electrons. The van der Waals surface area contributed by atoms with Gasteiger partial charge in [-0.1, -0.05) is 27.7 Å². The summed E-state index contributed by atoms with van der Waals surface area (Å²) in [6, 6.07) is 1.44. The molecule has 0 aromatic heterocycles. The lowest BCUT2D eigenvalue weighted by Gasteiger charge is -2.43. The van der Waals surface area contributed by atoms with E-state index in [9.17, 15) is 0 Å². The molecule has 2 heteroatoms. The number of hydrogen-bond acceptors (Lipinski definition) is 2. The van der Waals surface area contributed by atoms with Crippen LogP contribution in [0.4, 0.5) is 0 Å². The monoisotopic (exact) mass is 198 g/mol. The Morgan fingerprint density at radius 2 is 1.79 bits per heavy atom. The van der Waals surface area contributed by atoms with Crippen LogP contribution in [0, 0.1) is 11.8 Å². The summed E-state index contributed by atoms with van der Waals surface area (Å²) >= 11 is 0. The first-order valence-electron chi connectivity index (χ1n) is 6.00. The molecule has 0 aromatic carbocycles. The molecule has 0 saturated carbocycles. The van der Waals surface area contributed by atoms with Crippen LogP contribution in [0.5, 0.6) is 0 Å². The molecule has 1 N–H and O–H groups in total. The summed E-state index contributed by atoms with van der Waals surface area (Å²) in [4.78, 5) is 2.69. The van der Waals surface area contributed by atoms with Crippen molar-refractivity contribution in [3.63, 3.8) is 0 Å². The Hall–Kier alpha value is -0.0800. The summed E-state index contributed by atoms with van der Waals surface area (Å²) in [6.45, 7) is 15.2. The van der Waals surface area contributed by atoms with E-state index in [0.29, 0.717) is 6.04 Å². The normalized spacial score (nSPS) is 27.2. The first-order chi connectivity index (χ1) is 6.54. The Kier molecular flexibility index (Phi) is 4.39. The third-order valence-corrected chi connectivity index (χ3v) is 3.58. The van der Waals surface area contributed by atoms with Crippen molar-refractivity contribution >= 4 is 0 Å². The third-order valence-electron chi connectivity index (χ3n) is 3.58. The quantitative estimate of drug-likeness (QED) is 0.746. The van der Waals surface area contributed by atoms with Crippen molar-refractivity contribution in [2.45, 2.75) is 46.7 Å². The van der Waals surface area contributed by atoms with E-state index in [0.717, 1.165) is 31.0 Å². The highest BCUT2D eigenvalue weighted by Gasteiger charge is 2.29. The highest BCUT2D eigenvalue weighted by molar-refractivity contribution is 4.86. The summed E-state index contributed by atoms with van der Waals surface area (Å²) < 4.78 is 0. The van der Waals surface area contributed by atoms with Crippen LogP contribution in [0.1, 0.15) is 34.6 Å². The van der Waals surface area contributed by atoms with Gasteiger partial charge in [0.05, 0.1) is 0 Å². The van der Waals surface area contributed by atoms with Gasteiger partial charge in [0.25, 0.3) is 0 Å². The van der Waals surface area contributed by atoms with Gasteiger partial charge in [0.1, 0.15) is 0 Å². The molecule has 1 aliphatic rings.